The van der Waals surface area contributed by atoms with Gasteiger partial charge < -0.3 is 5.32 Å². The minimum Gasteiger partial charge on any atom is -0.316 e. The third-order valence-electron chi connectivity index (χ3n) is 3.23. The second-order valence-electron chi connectivity index (χ2n) is 4.61. The van der Waals surface area contributed by atoms with Crippen LogP contribution in [0.4, 0.5) is 0 Å². The van der Waals surface area contributed by atoms with E-state index in [0.717, 1.165) is 22.3 Å². The largest absolute Gasteiger partial charge is 0.316 e. The number of rotatable bonds is 5. The molecule has 0 spiro atoms. The van der Waals surface area contributed by atoms with Gasteiger partial charge in [-0.1, -0.05) is 57.9 Å². The van der Waals surface area contributed by atoms with Gasteiger partial charge in [-0.15, -0.1) is 0 Å². The van der Waals surface area contributed by atoms with Gasteiger partial charge in [0.25, 0.3) is 0 Å². The summed E-state index contributed by atoms with van der Waals surface area (Å²) in [5.74, 6) is 0. The molecule has 0 radical (unpaired) electrons. The average Bonchev–Trinajstić information content (AvgIpc) is 2.43. The van der Waals surface area contributed by atoms with Crippen LogP contribution < -0.4 is 5.32 Å². The Morgan fingerprint density at radius 1 is 1.05 bits per heavy atom. The van der Waals surface area contributed by atoms with Gasteiger partial charge in [0.05, 0.1) is 0 Å². The summed E-state index contributed by atoms with van der Waals surface area (Å²) in [7, 11) is 2.00. The molecule has 100 valence electrons. The van der Waals surface area contributed by atoms with Crippen molar-refractivity contribution in [2.75, 3.05) is 7.05 Å². The molecule has 1 N–H and O–H groups in total. The lowest BCUT2D eigenvalue weighted by Crippen LogP contribution is -2.30. The molecule has 2 aromatic rings. The quantitative estimate of drug-likeness (QED) is 0.848. The number of likely N-dealkylation sites (N-methyl/N-ethyl adjacent to an activating group) is 1. The molecule has 0 fully saturated rings. The van der Waals surface area contributed by atoms with E-state index in [-0.39, 0.29) is 0 Å². The zero-order chi connectivity index (χ0) is 13.7. The molecule has 2 rings (SSSR count). The second-order valence-corrected chi connectivity index (χ2v) is 5.93. The molecule has 1 unspecified atom stereocenters. The first-order chi connectivity index (χ1) is 9.19. The van der Waals surface area contributed by atoms with E-state index in [4.69, 9.17) is 11.6 Å². The first-order valence-electron chi connectivity index (χ1n) is 6.34. The molecule has 0 amide bonds. The van der Waals surface area contributed by atoms with Gasteiger partial charge in [0, 0.05) is 15.5 Å². The van der Waals surface area contributed by atoms with Gasteiger partial charge in [0.15, 0.2) is 0 Å². The lowest BCUT2D eigenvalue weighted by Gasteiger charge is -2.17. The van der Waals surface area contributed by atoms with Crippen LogP contribution in [0.5, 0.6) is 0 Å². The van der Waals surface area contributed by atoms with Gasteiger partial charge in [-0.2, -0.15) is 0 Å². The Bertz CT molecular complexity index is 525. The molecule has 0 aromatic heterocycles. The Morgan fingerprint density at radius 2 is 1.74 bits per heavy atom. The fraction of sp³-hybridized carbons (Fsp3) is 0.250. The van der Waals surface area contributed by atoms with Gasteiger partial charge in [0.2, 0.25) is 0 Å². The summed E-state index contributed by atoms with van der Waals surface area (Å²) in [6.45, 7) is 0. The SMILES string of the molecule is CNC(Cc1ccc(Br)cc1)Cc1ccccc1Cl. The van der Waals surface area contributed by atoms with Crippen molar-refractivity contribution < 1.29 is 0 Å². The summed E-state index contributed by atoms with van der Waals surface area (Å²) >= 11 is 9.67. The van der Waals surface area contributed by atoms with Crippen molar-refractivity contribution in [1.82, 2.24) is 5.32 Å². The topological polar surface area (TPSA) is 12.0 Å². The van der Waals surface area contributed by atoms with Crippen molar-refractivity contribution in [1.29, 1.82) is 0 Å². The molecule has 0 aliphatic carbocycles. The minimum absolute atomic E-state index is 0.390. The molecule has 19 heavy (non-hydrogen) atoms. The fourth-order valence-electron chi connectivity index (χ4n) is 2.11. The number of hydrogen-bond donors (Lipinski definition) is 1. The summed E-state index contributed by atoms with van der Waals surface area (Å²) < 4.78 is 1.11. The van der Waals surface area contributed by atoms with Crippen molar-refractivity contribution in [3.05, 3.63) is 69.2 Å². The van der Waals surface area contributed by atoms with E-state index in [2.05, 4.69) is 51.6 Å². The number of nitrogens with one attached hydrogen (secondary N) is 1. The predicted octanol–water partition coefficient (Wildman–Crippen LogP) is 4.48. The molecule has 0 aliphatic rings. The molecule has 3 heteroatoms. The predicted molar refractivity (Wildman–Crippen MR) is 85.8 cm³/mol. The normalized spacial score (nSPS) is 12.4. The summed E-state index contributed by atoms with van der Waals surface area (Å²) in [6, 6.07) is 16.9. The van der Waals surface area contributed by atoms with Gasteiger partial charge in [-0.3, -0.25) is 0 Å². The highest BCUT2D eigenvalue weighted by molar-refractivity contribution is 9.10. The lowest BCUT2D eigenvalue weighted by molar-refractivity contribution is 0.556. The Morgan fingerprint density at radius 3 is 2.37 bits per heavy atom. The lowest BCUT2D eigenvalue weighted by atomic mass is 9.99. The Labute approximate surface area is 128 Å². The van der Waals surface area contributed by atoms with Crippen molar-refractivity contribution in [2.24, 2.45) is 0 Å². The van der Waals surface area contributed by atoms with E-state index < -0.39 is 0 Å². The van der Waals surface area contributed by atoms with Crippen LogP contribution in [-0.4, -0.2) is 13.1 Å². The molecule has 0 aliphatic heterocycles. The molecule has 2 aromatic carbocycles. The van der Waals surface area contributed by atoms with Crippen LogP contribution in [0, 0.1) is 0 Å². The zero-order valence-corrected chi connectivity index (χ0v) is 13.2. The highest BCUT2D eigenvalue weighted by atomic mass is 79.9. The molecular formula is C16H17BrClN. The maximum Gasteiger partial charge on any atom is 0.0438 e. The number of hydrogen-bond acceptors (Lipinski definition) is 1. The number of benzene rings is 2. The van der Waals surface area contributed by atoms with Gasteiger partial charge >= 0.3 is 0 Å². The molecule has 0 heterocycles. The molecule has 0 saturated carbocycles. The van der Waals surface area contributed by atoms with Crippen LogP contribution in [0.3, 0.4) is 0 Å². The standard InChI is InChI=1S/C16H17BrClN/c1-19-15(10-12-6-8-14(17)9-7-12)11-13-4-2-3-5-16(13)18/h2-9,15,19H,10-11H2,1H3. The van der Waals surface area contributed by atoms with E-state index in [0.29, 0.717) is 6.04 Å². The first-order valence-corrected chi connectivity index (χ1v) is 7.51. The molecular weight excluding hydrogens is 322 g/mol. The zero-order valence-electron chi connectivity index (χ0n) is 10.9. The van der Waals surface area contributed by atoms with Gasteiger partial charge in [-0.05, 0) is 49.2 Å². The first kappa shape index (κ1) is 14.6. The molecule has 0 bridgehead atoms. The van der Waals surface area contributed by atoms with Gasteiger partial charge in [-0.25, -0.2) is 0 Å². The van der Waals surface area contributed by atoms with Crippen molar-refractivity contribution in [3.63, 3.8) is 0 Å². The van der Waals surface area contributed by atoms with Crippen LogP contribution >= 0.6 is 27.5 Å². The average molecular weight is 339 g/mol. The maximum absolute atomic E-state index is 6.22. The second kappa shape index (κ2) is 7.09. The summed E-state index contributed by atoms with van der Waals surface area (Å²) in [5.41, 5.74) is 2.52. The van der Waals surface area contributed by atoms with Crippen LogP contribution in [-0.2, 0) is 12.8 Å². The summed E-state index contributed by atoms with van der Waals surface area (Å²) in [4.78, 5) is 0. The van der Waals surface area contributed by atoms with E-state index in [1.165, 1.54) is 11.1 Å². The fourth-order valence-corrected chi connectivity index (χ4v) is 2.59. The highest BCUT2D eigenvalue weighted by Gasteiger charge is 2.10. The molecule has 1 nitrogen and oxygen atoms in total. The maximum atomic E-state index is 6.22. The summed E-state index contributed by atoms with van der Waals surface area (Å²) in [5, 5.41) is 4.22. The Kier molecular flexibility index (Phi) is 5.44. The van der Waals surface area contributed by atoms with Crippen LogP contribution in [0.15, 0.2) is 53.0 Å². The van der Waals surface area contributed by atoms with Crippen molar-refractivity contribution >= 4 is 27.5 Å². The monoisotopic (exact) mass is 337 g/mol. The Hall–Kier alpha value is -0.830. The van der Waals surface area contributed by atoms with E-state index >= 15 is 0 Å². The summed E-state index contributed by atoms with van der Waals surface area (Å²) in [6.07, 6.45) is 1.93. The smallest absolute Gasteiger partial charge is 0.0438 e. The van der Waals surface area contributed by atoms with E-state index in [1.807, 2.05) is 25.2 Å². The highest BCUT2D eigenvalue weighted by Crippen LogP contribution is 2.18. The third-order valence-corrected chi connectivity index (χ3v) is 4.13. The van der Waals surface area contributed by atoms with Gasteiger partial charge in [0.1, 0.15) is 0 Å². The van der Waals surface area contributed by atoms with E-state index in [1.54, 1.807) is 0 Å². The van der Waals surface area contributed by atoms with E-state index in [9.17, 15) is 0 Å². The number of halogens is 2. The Balaban J connectivity index is 2.05. The van der Waals surface area contributed by atoms with Crippen LogP contribution in [0.2, 0.25) is 5.02 Å². The van der Waals surface area contributed by atoms with Crippen LogP contribution in [0.1, 0.15) is 11.1 Å². The third kappa shape index (κ3) is 4.34. The van der Waals surface area contributed by atoms with Crippen LogP contribution in [0.25, 0.3) is 0 Å². The molecule has 0 saturated heterocycles. The van der Waals surface area contributed by atoms with Crippen molar-refractivity contribution in [2.45, 2.75) is 18.9 Å². The minimum atomic E-state index is 0.390. The molecule has 1 atom stereocenters. The van der Waals surface area contributed by atoms with Crippen molar-refractivity contribution in [3.8, 4) is 0 Å².